The monoisotopic (exact) mass is 423 g/mol. The SMILES string of the molecule is CCN1CC2(COC)CCC(O)C34C1C(CC23)C1(O)CC(OC)C2CC4(O)C1C2O. The zero-order chi connectivity index (χ0) is 21.3. The number of aliphatic hydroxyl groups is 4. The van der Waals surface area contributed by atoms with E-state index < -0.39 is 34.7 Å². The molecule has 5 aliphatic carbocycles. The highest BCUT2D eigenvalue weighted by Gasteiger charge is 2.88. The Kier molecular flexibility index (Phi) is 4.06. The Morgan fingerprint density at radius 2 is 1.90 bits per heavy atom. The average molecular weight is 424 g/mol. The maximum atomic E-state index is 12.6. The van der Waals surface area contributed by atoms with Gasteiger partial charge < -0.3 is 29.9 Å². The molecule has 1 heterocycles. The van der Waals surface area contributed by atoms with Crippen molar-refractivity contribution < 1.29 is 29.9 Å². The maximum Gasteiger partial charge on any atom is 0.0831 e. The molecular weight excluding hydrogens is 386 g/mol. The summed E-state index contributed by atoms with van der Waals surface area (Å²) < 4.78 is 11.5. The van der Waals surface area contributed by atoms with Gasteiger partial charge >= 0.3 is 0 Å². The van der Waals surface area contributed by atoms with Crippen LogP contribution in [-0.2, 0) is 9.47 Å². The average Bonchev–Trinajstić information content (AvgIpc) is 3.12. The van der Waals surface area contributed by atoms with Gasteiger partial charge in [0.1, 0.15) is 0 Å². The summed E-state index contributed by atoms with van der Waals surface area (Å²) in [6, 6.07) is -0.0828. The highest BCUT2D eigenvalue weighted by atomic mass is 16.5. The second kappa shape index (κ2) is 5.99. The number of nitrogens with zero attached hydrogens (tertiary/aromatic N) is 1. The van der Waals surface area contributed by atoms with Gasteiger partial charge in [-0.15, -0.1) is 0 Å². The molecule has 7 nitrogen and oxygen atoms in total. The number of ether oxygens (including phenoxy) is 2. The molecule has 1 spiro atoms. The van der Waals surface area contributed by atoms with E-state index in [0.717, 1.165) is 25.9 Å². The number of methoxy groups -OCH3 is 2. The van der Waals surface area contributed by atoms with Crippen molar-refractivity contribution in [3.8, 4) is 0 Å². The highest BCUT2D eigenvalue weighted by Crippen LogP contribution is 2.79. The first-order valence-corrected chi connectivity index (χ1v) is 11.8. The summed E-state index contributed by atoms with van der Waals surface area (Å²) in [5.74, 6) is -0.846. The van der Waals surface area contributed by atoms with Crippen LogP contribution in [0.4, 0.5) is 0 Å². The first kappa shape index (κ1) is 20.3. The van der Waals surface area contributed by atoms with Crippen LogP contribution in [0.15, 0.2) is 0 Å². The number of likely N-dealkylation sites (tertiary alicyclic amines) is 1. The molecule has 6 rings (SSSR count). The van der Waals surface area contributed by atoms with E-state index in [1.807, 2.05) is 0 Å². The van der Waals surface area contributed by atoms with Gasteiger partial charge in [-0.1, -0.05) is 6.92 Å². The third-order valence-electron chi connectivity index (χ3n) is 11.0. The van der Waals surface area contributed by atoms with E-state index in [1.54, 1.807) is 14.2 Å². The fourth-order valence-corrected chi connectivity index (χ4v) is 10.4. The van der Waals surface area contributed by atoms with Gasteiger partial charge in [-0.3, -0.25) is 4.90 Å². The molecule has 7 bridgehead atoms. The second-order valence-corrected chi connectivity index (χ2v) is 11.4. The van der Waals surface area contributed by atoms with E-state index in [9.17, 15) is 20.4 Å². The molecule has 4 N–H and O–H groups in total. The lowest BCUT2D eigenvalue weighted by Gasteiger charge is -2.71. The number of hydrogen-bond donors (Lipinski definition) is 4. The summed E-state index contributed by atoms with van der Waals surface area (Å²) in [6.07, 6.45) is 1.40. The largest absolute Gasteiger partial charge is 0.392 e. The van der Waals surface area contributed by atoms with Crippen LogP contribution in [0.25, 0.3) is 0 Å². The molecule has 7 heteroatoms. The first-order chi connectivity index (χ1) is 14.2. The van der Waals surface area contributed by atoms with E-state index in [0.29, 0.717) is 25.9 Å². The normalized spacial score (nSPS) is 63.3. The topological polar surface area (TPSA) is 103 Å². The molecule has 0 aromatic heterocycles. The molecular formula is C23H37NO6. The highest BCUT2D eigenvalue weighted by molar-refractivity contribution is 5.38. The van der Waals surface area contributed by atoms with E-state index in [-0.39, 0.29) is 35.3 Å². The molecule has 0 radical (unpaired) electrons. The summed E-state index contributed by atoms with van der Waals surface area (Å²) in [7, 11) is 3.38. The molecule has 1 saturated heterocycles. The van der Waals surface area contributed by atoms with Crippen LogP contribution < -0.4 is 0 Å². The second-order valence-electron chi connectivity index (χ2n) is 11.4. The molecule has 0 aromatic rings. The Morgan fingerprint density at radius 3 is 2.57 bits per heavy atom. The Morgan fingerprint density at radius 1 is 1.13 bits per heavy atom. The Labute approximate surface area is 178 Å². The van der Waals surface area contributed by atoms with Gasteiger partial charge in [0.05, 0.1) is 36.1 Å². The van der Waals surface area contributed by atoms with Crippen molar-refractivity contribution in [3.05, 3.63) is 0 Å². The number of rotatable bonds is 4. The molecule has 5 saturated carbocycles. The summed E-state index contributed by atoms with van der Waals surface area (Å²) in [5.41, 5.74) is -3.37. The summed E-state index contributed by atoms with van der Waals surface area (Å²) in [6.45, 7) is 4.44. The van der Waals surface area contributed by atoms with Crippen LogP contribution in [0.3, 0.4) is 0 Å². The van der Waals surface area contributed by atoms with Crippen molar-refractivity contribution in [2.45, 2.75) is 74.6 Å². The third-order valence-corrected chi connectivity index (χ3v) is 11.0. The van der Waals surface area contributed by atoms with E-state index >= 15 is 0 Å². The van der Waals surface area contributed by atoms with E-state index in [1.165, 1.54) is 0 Å². The molecule has 12 unspecified atom stereocenters. The van der Waals surface area contributed by atoms with Gasteiger partial charge in [0.15, 0.2) is 0 Å². The lowest BCUT2D eigenvalue weighted by atomic mass is 9.41. The fourth-order valence-electron chi connectivity index (χ4n) is 10.4. The van der Waals surface area contributed by atoms with Gasteiger partial charge in [0.2, 0.25) is 0 Å². The van der Waals surface area contributed by atoms with Crippen LogP contribution in [0.1, 0.15) is 39.0 Å². The van der Waals surface area contributed by atoms with E-state index in [2.05, 4.69) is 11.8 Å². The molecule has 12 atom stereocenters. The quantitative estimate of drug-likeness (QED) is 0.504. The summed E-state index contributed by atoms with van der Waals surface area (Å²) >= 11 is 0. The zero-order valence-corrected chi connectivity index (χ0v) is 18.3. The lowest BCUT2D eigenvalue weighted by molar-refractivity contribution is -0.325. The Bertz CT molecular complexity index is 751. The first-order valence-electron chi connectivity index (χ1n) is 11.8. The minimum absolute atomic E-state index is 0.0815. The van der Waals surface area contributed by atoms with Gasteiger partial charge in [0, 0.05) is 61.8 Å². The minimum Gasteiger partial charge on any atom is -0.392 e. The smallest absolute Gasteiger partial charge is 0.0831 e. The molecule has 6 aliphatic rings. The van der Waals surface area contributed by atoms with Crippen LogP contribution in [-0.4, -0.2) is 94.8 Å². The number of fused-ring (bicyclic) bond motifs is 2. The molecule has 30 heavy (non-hydrogen) atoms. The van der Waals surface area contributed by atoms with E-state index in [4.69, 9.17) is 9.47 Å². The molecule has 6 fully saturated rings. The number of hydrogen-bond acceptors (Lipinski definition) is 7. The molecule has 0 amide bonds. The number of piperidine rings is 1. The summed E-state index contributed by atoms with van der Waals surface area (Å²) in [4.78, 5) is 2.42. The predicted octanol–water partition coefficient (Wildman–Crippen LogP) is -0.00800. The molecule has 0 aromatic carbocycles. The van der Waals surface area contributed by atoms with Crippen molar-refractivity contribution in [3.63, 3.8) is 0 Å². The van der Waals surface area contributed by atoms with Crippen molar-refractivity contribution >= 4 is 0 Å². The maximum absolute atomic E-state index is 12.6. The van der Waals surface area contributed by atoms with Gasteiger partial charge in [-0.25, -0.2) is 0 Å². The van der Waals surface area contributed by atoms with Crippen molar-refractivity contribution in [2.75, 3.05) is 33.9 Å². The number of aliphatic hydroxyl groups excluding tert-OH is 2. The molecule has 170 valence electrons. The van der Waals surface area contributed by atoms with Gasteiger partial charge in [-0.05, 0) is 38.1 Å². The lowest BCUT2D eigenvalue weighted by Crippen LogP contribution is -2.82. The fraction of sp³-hybridized carbons (Fsp3) is 1.00. The van der Waals surface area contributed by atoms with Crippen LogP contribution >= 0.6 is 0 Å². The standard InChI is InChI=1S/C23H37NO6/c1-4-24-10-20(11-29-2)6-5-16(25)23-15(20)7-13(19(23)24)21(27)9-14(30-3)12-8-22(23,28)18(21)17(12)26/h12-19,25-28H,4-11H2,1-3H3. The van der Waals surface area contributed by atoms with Crippen LogP contribution in [0.5, 0.6) is 0 Å². The zero-order valence-electron chi connectivity index (χ0n) is 18.3. The predicted molar refractivity (Wildman–Crippen MR) is 108 cm³/mol. The Balaban J connectivity index is 1.62. The van der Waals surface area contributed by atoms with Crippen LogP contribution in [0, 0.1) is 34.5 Å². The third kappa shape index (κ3) is 1.84. The Hall–Kier alpha value is -0.280. The molecule has 1 aliphatic heterocycles. The van der Waals surface area contributed by atoms with Crippen molar-refractivity contribution in [1.29, 1.82) is 0 Å². The van der Waals surface area contributed by atoms with Crippen molar-refractivity contribution in [1.82, 2.24) is 4.90 Å². The van der Waals surface area contributed by atoms with Gasteiger partial charge in [-0.2, -0.15) is 0 Å². The van der Waals surface area contributed by atoms with Crippen molar-refractivity contribution in [2.24, 2.45) is 34.5 Å². The summed E-state index contributed by atoms with van der Waals surface area (Å²) in [5, 5.41) is 47.8. The minimum atomic E-state index is -1.31. The van der Waals surface area contributed by atoms with Gasteiger partial charge in [0.25, 0.3) is 0 Å². The van der Waals surface area contributed by atoms with Crippen LogP contribution in [0.2, 0.25) is 0 Å².